The number of morpholine rings is 1. The molecule has 0 bridgehead atoms. The fraction of sp³-hybridized carbons (Fsp3) is 0.429. The zero-order valence-electron chi connectivity index (χ0n) is 11.7. The number of rotatable bonds is 3. The lowest BCUT2D eigenvalue weighted by Gasteiger charge is -2.30. The molecule has 0 radical (unpaired) electrons. The highest BCUT2D eigenvalue weighted by atomic mass is 35.7. The molecular weight excluding hydrogens is 312 g/mol. The fourth-order valence-electron chi connectivity index (χ4n) is 2.76. The highest BCUT2D eigenvalue weighted by Gasteiger charge is 2.22. The molecule has 21 heavy (non-hydrogen) atoms. The predicted octanol–water partition coefficient (Wildman–Crippen LogP) is 1.90. The van der Waals surface area contributed by atoms with E-state index in [1.165, 1.54) is 0 Å². The number of nitrogens with zero attached hydrogens (tertiary/aromatic N) is 2. The van der Waals surface area contributed by atoms with Gasteiger partial charge >= 0.3 is 0 Å². The van der Waals surface area contributed by atoms with Gasteiger partial charge in [-0.15, -0.1) is 0 Å². The van der Waals surface area contributed by atoms with E-state index in [0.717, 1.165) is 18.6 Å². The summed E-state index contributed by atoms with van der Waals surface area (Å²) >= 11 is 0. The molecule has 1 aromatic carbocycles. The van der Waals surface area contributed by atoms with Crippen LogP contribution in [0, 0.1) is 0 Å². The van der Waals surface area contributed by atoms with Gasteiger partial charge in [-0.25, -0.2) is 8.42 Å². The Labute approximate surface area is 128 Å². The molecule has 1 aromatic heterocycles. The topological polar surface area (TPSA) is 51.5 Å². The third-order valence-electron chi connectivity index (χ3n) is 3.76. The monoisotopic (exact) mass is 328 g/mol. The van der Waals surface area contributed by atoms with Crippen molar-refractivity contribution in [2.24, 2.45) is 0 Å². The minimum absolute atomic E-state index is 0.0467. The van der Waals surface area contributed by atoms with Gasteiger partial charge in [-0.05, 0) is 13.1 Å². The highest BCUT2D eigenvalue weighted by Crippen LogP contribution is 2.28. The van der Waals surface area contributed by atoms with Crippen LogP contribution in [0.5, 0.6) is 0 Å². The fourth-order valence-corrected chi connectivity index (χ4v) is 3.81. The quantitative estimate of drug-likeness (QED) is 0.808. The van der Waals surface area contributed by atoms with Gasteiger partial charge in [0.1, 0.15) is 4.90 Å². The van der Waals surface area contributed by atoms with Crippen LogP contribution in [0.15, 0.2) is 35.4 Å². The largest absolute Gasteiger partial charge is 0.374 e. The van der Waals surface area contributed by atoms with Gasteiger partial charge in [-0.2, -0.15) is 0 Å². The number of para-hydroxylation sites is 1. The summed E-state index contributed by atoms with van der Waals surface area (Å²) in [5, 5.41) is 0.650. The first-order valence-corrected chi connectivity index (χ1v) is 9.09. The van der Waals surface area contributed by atoms with Gasteiger partial charge in [-0.1, -0.05) is 18.2 Å². The number of hydrogen-bond donors (Lipinski definition) is 0. The number of hydrogen-bond acceptors (Lipinski definition) is 4. The summed E-state index contributed by atoms with van der Waals surface area (Å²) in [4.78, 5) is 2.36. The summed E-state index contributed by atoms with van der Waals surface area (Å²) in [6, 6.07) is 7.36. The number of ether oxygens (including phenoxy) is 1. The van der Waals surface area contributed by atoms with E-state index in [4.69, 9.17) is 15.4 Å². The molecular formula is C14H17ClN2O3S. The summed E-state index contributed by atoms with van der Waals surface area (Å²) < 4.78 is 31.1. The minimum Gasteiger partial charge on any atom is -0.374 e. The van der Waals surface area contributed by atoms with E-state index in [1.807, 2.05) is 22.8 Å². The molecule has 1 unspecified atom stereocenters. The van der Waals surface area contributed by atoms with Crippen LogP contribution in [0.1, 0.15) is 0 Å². The molecule has 0 spiro atoms. The maximum absolute atomic E-state index is 11.7. The van der Waals surface area contributed by atoms with Crippen LogP contribution in [0.2, 0.25) is 0 Å². The SMILES string of the molecule is CN1CCOC(Cn2cc(S(=O)(=O)Cl)c3ccccc32)C1. The van der Waals surface area contributed by atoms with Gasteiger partial charge in [0.05, 0.1) is 19.3 Å². The molecule has 2 heterocycles. The van der Waals surface area contributed by atoms with Crippen LogP contribution in [0.25, 0.3) is 10.9 Å². The number of benzene rings is 1. The molecule has 0 amide bonds. The molecule has 1 aliphatic rings. The van der Waals surface area contributed by atoms with Crippen LogP contribution in [0.4, 0.5) is 0 Å². The first-order valence-electron chi connectivity index (χ1n) is 6.78. The summed E-state index contributed by atoms with van der Waals surface area (Å²) in [5.41, 5.74) is 0.855. The van der Waals surface area contributed by atoms with Gasteiger partial charge in [0, 0.05) is 40.9 Å². The third-order valence-corrected chi connectivity index (χ3v) is 5.11. The Morgan fingerprint density at radius 2 is 2.14 bits per heavy atom. The Hall–Kier alpha value is -1.08. The molecule has 0 aliphatic carbocycles. The Morgan fingerprint density at radius 3 is 2.86 bits per heavy atom. The molecule has 1 saturated heterocycles. The van der Waals surface area contributed by atoms with Crippen molar-refractivity contribution in [1.29, 1.82) is 0 Å². The van der Waals surface area contributed by atoms with E-state index in [1.54, 1.807) is 12.3 Å². The minimum atomic E-state index is -3.76. The Morgan fingerprint density at radius 1 is 1.38 bits per heavy atom. The Balaban J connectivity index is 1.99. The molecule has 3 rings (SSSR count). The maximum Gasteiger partial charge on any atom is 0.263 e. The average molecular weight is 329 g/mol. The van der Waals surface area contributed by atoms with Gasteiger partial charge in [0.15, 0.2) is 0 Å². The number of halogens is 1. The summed E-state index contributed by atoms with van der Waals surface area (Å²) in [7, 11) is 3.83. The van der Waals surface area contributed by atoms with Gasteiger partial charge in [-0.3, -0.25) is 0 Å². The molecule has 1 aliphatic heterocycles. The van der Waals surface area contributed by atoms with E-state index in [2.05, 4.69) is 11.9 Å². The molecule has 0 N–H and O–H groups in total. The predicted molar refractivity (Wildman–Crippen MR) is 82.2 cm³/mol. The average Bonchev–Trinajstić information content (AvgIpc) is 2.78. The third kappa shape index (κ3) is 3.08. The molecule has 5 nitrogen and oxygen atoms in total. The van der Waals surface area contributed by atoms with E-state index in [-0.39, 0.29) is 11.0 Å². The number of likely N-dealkylation sites (N-methyl/N-ethyl adjacent to an activating group) is 1. The van der Waals surface area contributed by atoms with Crippen molar-refractivity contribution in [3.63, 3.8) is 0 Å². The normalized spacial score (nSPS) is 21.0. The first-order chi connectivity index (χ1) is 9.95. The molecule has 2 aromatic rings. The zero-order valence-corrected chi connectivity index (χ0v) is 13.3. The van der Waals surface area contributed by atoms with Crippen molar-refractivity contribution in [3.8, 4) is 0 Å². The van der Waals surface area contributed by atoms with E-state index in [0.29, 0.717) is 18.5 Å². The van der Waals surface area contributed by atoms with Crippen LogP contribution in [-0.2, 0) is 20.3 Å². The van der Waals surface area contributed by atoms with E-state index >= 15 is 0 Å². The van der Waals surface area contributed by atoms with Crippen molar-refractivity contribution in [2.45, 2.75) is 17.5 Å². The van der Waals surface area contributed by atoms with Crippen molar-refractivity contribution in [2.75, 3.05) is 26.7 Å². The summed E-state index contributed by atoms with van der Waals surface area (Å²) in [6.45, 7) is 3.05. The second-order valence-corrected chi connectivity index (χ2v) is 7.89. The number of aromatic nitrogens is 1. The lowest BCUT2D eigenvalue weighted by Crippen LogP contribution is -2.41. The van der Waals surface area contributed by atoms with E-state index in [9.17, 15) is 8.42 Å². The Bertz CT molecular complexity index is 757. The van der Waals surface area contributed by atoms with E-state index < -0.39 is 9.05 Å². The molecule has 1 atom stereocenters. The number of fused-ring (bicyclic) bond motifs is 1. The van der Waals surface area contributed by atoms with Crippen molar-refractivity contribution in [3.05, 3.63) is 30.5 Å². The van der Waals surface area contributed by atoms with Crippen LogP contribution >= 0.6 is 10.7 Å². The van der Waals surface area contributed by atoms with Crippen molar-refractivity contribution >= 4 is 30.6 Å². The van der Waals surface area contributed by atoms with Crippen molar-refractivity contribution in [1.82, 2.24) is 9.47 Å². The molecule has 1 fully saturated rings. The second-order valence-electron chi connectivity index (χ2n) is 5.36. The summed E-state index contributed by atoms with van der Waals surface area (Å²) in [6.07, 6.45) is 1.65. The first kappa shape index (κ1) is 14.8. The lowest BCUT2D eigenvalue weighted by atomic mass is 10.2. The van der Waals surface area contributed by atoms with Crippen LogP contribution in [-0.4, -0.2) is 50.7 Å². The van der Waals surface area contributed by atoms with Crippen LogP contribution in [0.3, 0.4) is 0 Å². The van der Waals surface area contributed by atoms with Crippen LogP contribution < -0.4 is 0 Å². The van der Waals surface area contributed by atoms with Gasteiger partial charge in [0.2, 0.25) is 0 Å². The highest BCUT2D eigenvalue weighted by molar-refractivity contribution is 8.14. The molecule has 0 saturated carbocycles. The lowest BCUT2D eigenvalue weighted by molar-refractivity contribution is -0.0269. The zero-order chi connectivity index (χ0) is 15.0. The second kappa shape index (κ2) is 5.61. The molecule has 7 heteroatoms. The Kier molecular flexibility index (Phi) is 3.96. The standard InChI is InChI=1S/C14H17ClN2O3S/c1-16-6-7-20-11(8-16)9-17-10-14(21(15,18)19)12-4-2-3-5-13(12)17/h2-5,10-11H,6-9H2,1H3. The summed E-state index contributed by atoms with van der Waals surface area (Å²) in [5.74, 6) is 0. The smallest absolute Gasteiger partial charge is 0.263 e. The van der Waals surface area contributed by atoms with Gasteiger partial charge in [0.25, 0.3) is 9.05 Å². The maximum atomic E-state index is 11.7. The van der Waals surface area contributed by atoms with Gasteiger partial charge < -0.3 is 14.2 Å². The van der Waals surface area contributed by atoms with Crippen molar-refractivity contribution < 1.29 is 13.2 Å². The molecule has 114 valence electrons.